The van der Waals surface area contributed by atoms with Gasteiger partial charge in [-0.1, -0.05) is 66.4 Å². The van der Waals surface area contributed by atoms with E-state index in [1.54, 1.807) is 43.3 Å². The van der Waals surface area contributed by atoms with E-state index in [9.17, 15) is 31.2 Å². The Bertz CT molecular complexity index is 1560. The van der Waals surface area contributed by atoms with Crippen LogP contribution in [0.15, 0.2) is 77.7 Å². The van der Waals surface area contributed by atoms with Crippen LogP contribution in [0.2, 0.25) is 5.02 Å². The van der Waals surface area contributed by atoms with Crippen LogP contribution in [0.25, 0.3) is 0 Å². The predicted octanol–water partition coefficient (Wildman–Crippen LogP) is 6.34. The Labute approximate surface area is 254 Å². The molecule has 1 N–H and O–H groups in total. The maximum absolute atomic E-state index is 14.0. The lowest BCUT2D eigenvalue weighted by molar-refractivity contribution is -0.139. The Morgan fingerprint density at radius 3 is 2.28 bits per heavy atom. The minimum absolute atomic E-state index is 0.0317. The van der Waals surface area contributed by atoms with Crippen molar-refractivity contribution in [2.75, 3.05) is 10.8 Å². The summed E-state index contributed by atoms with van der Waals surface area (Å²) in [4.78, 5) is 28.3. The Morgan fingerprint density at radius 2 is 1.65 bits per heavy atom. The zero-order valence-electron chi connectivity index (χ0n) is 23.8. The molecule has 2 amide bonds. The van der Waals surface area contributed by atoms with E-state index in [0.29, 0.717) is 21.0 Å². The van der Waals surface area contributed by atoms with Gasteiger partial charge in [-0.15, -0.1) is 0 Å². The SMILES string of the molecule is Cc1ccc(S(=O)(=O)N(CC(=O)N(Cc2ccccc2Cl)C(C)C(=O)NC2CCCC2)c2cccc(C(F)(F)F)c2)cc1. The van der Waals surface area contributed by atoms with Gasteiger partial charge in [-0.3, -0.25) is 13.9 Å². The molecule has 1 atom stereocenters. The van der Waals surface area contributed by atoms with Gasteiger partial charge in [-0.05, 0) is 68.7 Å². The zero-order valence-corrected chi connectivity index (χ0v) is 25.3. The number of hydrogen-bond donors (Lipinski definition) is 1. The molecule has 1 aliphatic carbocycles. The molecular weight excluding hydrogens is 603 g/mol. The van der Waals surface area contributed by atoms with Crippen molar-refractivity contribution in [2.45, 2.75) is 69.2 Å². The molecule has 4 rings (SSSR count). The average Bonchev–Trinajstić information content (AvgIpc) is 3.48. The van der Waals surface area contributed by atoms with Crippen LogP contribution in [-0.4, -0.2) is 43.8 Å². The average molecular weight is 636 g/mol. The van der Waals surface area contributed by atoms with E-state index in [4.69, 9.17) is 11.6 Å². The van der Waals surface area contributed by atoms with Crippen LogP contribution in [0.1, 0.15) is 49.3 Å². The number of sulfonamides is 1. The van der Waals surface area contributed by atoms with E-state index in [1.807, 2.05) is 0 Å². The second kappa shape index (κ2) is 13.4. The van der Waals surface area contributed by atoms with Crippen molar-refractivity contribution in [2.24, 2.45) is 0 Å². The smallest absolute Gasteiger partial charge is 0.352 e. The van der Waals surface area contributed by atoms with Crippen molar-refractivity contribution in [3.8, 4) is 0 Å². The molecule has 3 aromatic rings. The second-order valence-corrected chi connectivity index (χ2v) is 12.9. The number of benzene rings is 3. The van der Waals surface area contributed by atoms with E-state index in [-0.39, 0.29) is 23.2 Å². The van der Waals surface area contributed by atoms with Gasteiger partial charge >= 0.3 is 6.18 Å². The van der Waals surface area contributed by atoms with Gasteiger partial charge in [0.1, 0.15) is 12.6 Å². The van der Waals surface area contributed by atoms with Crippen LogP contribution < -0.4 is 9.62 Å². The number of nitrogens with one attached hydrogen (secondary N) is 1. The molecule has 0 aliphatic heterocycles. The van der Waals surface area contributed by atoms with Gasteiger partial charge in [0.05, 0.1) is 16.1 Å². The Morgan fingerprint density at radius 1 is 1.00 bits per heavy atom. The highest BCUT2D eigenvalue weighted by molar-refractivity contribution is 7.92. The molecule has 1 saturated carbocycles. The summed E-state index contributed by atoms with van der Waals surface area (Å²) in [7, 11) is -4.52. The first-order chi connectivity index (χ1) is 20.3. The molecule has 1 fully saturated rings. The summed E-state index contributed by atoms with van der Waals surface area (Å²) in [5, 5.41) is 3.30. The Kier molecular flexibility index (Phi) is 10.1. The quantitative estimate of drug-likeness (QED) is 0.282. The number of amides is 2. The van der Waals surface area contributed by atoms with Gasteiger partial charge in [0, 0.05) is 17.6 Å². The van der Waals surface area contributed by atoms with Crippen molar-refractivity contribution in [3.63, 3.8) is 0 Å². The van der Waals surface area contributed by atoms with Crippen LogP contribution in [-0.2, 0) is 32.3 Å². The number of carbonyl (C=O) groups is 2. The summed E-state index contributed by atoms with van der Waals surface area (Å²) in [5.41, 5.74) is -0.123. The number of anilines is 1. The number of halogens is 4. The molecule has 230 valence electrons. The van der Waals surface area contributed by atoms with Crippen molar-refractivity contribution in [1.82, 2.24) is 10.2 Å². The van der Waals surface area contributed by atoms with Gasteiger partial charge in [0.15, 0.2) is 0 Å². The topological polar surface area (TPSA) is 86.8 Å². The molecule has 12 heteroatoms. The van der Waals surface area contributed by atoms with Gasteiger partial charge in [0.2, 0.25) is 11.8 Å². The number of nitrogens with zero attached hydrogens (tertiary/aromatic N) is 2. The summed E-state index contributed by atoms with van der Waals surface area (Å²) in [6, 6.07) is 15.2. The molecule has 1 aliphatic rings. The fraction of sp³-hybridized carbons (Fsp3) is 0.355. The van der Waals surface area contributed by atoms with Crippen molar-refractivity contribution in [1.29, 1.82) is 0 Å². The Hall–Kier alpha value is -3.57. The van der Waals surface area contributed by atoms with Crippen LogP contribution in [0.5, 0.6) is 0 Å². The molecule has 0 spiro atoms. The fourth-order valence-corrected chi connectivity index (χ4v) is 6.59. The normalized spacial score (nSPS) is 14.7. The van der Waals surface area contributed by atoms with Gasteiger partial charge < -0.3 is 10.2 Å². The largest absolute Gasteiger partial charge is 0.416 e. The lowest BCUT2D eigenvalue weighted by atomic mass is 10.1. The van der Waals surface area contributed by atoms with E-state index in [2.05, 4.69) is 5.32 Å². The zero-order chi connectivity index (χ0) is 31.4. The summed E-state index contributed by atoms with van der Waals surface area (Å²) in [6.45, 7) is 2.30. The summed E-state index contributed by atoms with van der Waals surface area (Å²) < 4.78 is 69.3. The standard InChI is InChI=1S/C31H33ClF3N3O4S/c1-21-14-16-27(17-15-21)43(41,42)38(26-12-7-9-24(18-26)31(33,34)35)20-29(39)37(19-23-8-3-6-13-28(23)32)22(2)30(40)36-25-10-4-5-11-25/h3,6-9,12-18,22,25H,4-5,10-11,19-20H2,1-2H3,(H,36,40). The summed E-state index contributed by atoms with van der Waals surface area (Å²) in [6.07, 6.45) is -1.17. The summed E-state index contributed by atoms with van der Waals surface area (Å²) in [5.74, 6) is -1.21. The first-order valence-electron chi connectivity index (χ1n) is 13.9. The number of rotatable bonds is 10. The van der Waals surface area contributed by atoms with Gasteiger partial charge in [-0.25, -0.2) is 8.42 Å². The lowest BCUT2D eigenvalue weighted by Gasteiger charge is -2.32. The minimum atomic E-state index is -4.75. The number of hydrogen-bond acceptors (Lipinski definition) is 4. The Balaban J connectivity index is 1.74. The first kappa shape index (κ1) is 32.3. The molecule has 43 heavy (non-hydrogen) atoms. The van der Waals surface area contributed by atoms with E-state index >= 15 is 0 Å². The minimum Gasteiger partial charge on any atom is -0.352 e. The highest BCUT2D eigenvalue weighted by atomic mass is 35.5. The number of alkyl halides is 3. The molecule has 1 unspecified atom stereocenters. The van der Waals surface area contributed by atoms with E-state index in [0.717, 1.165) is 43.4 Å². The van der Waals surface area contributed by atoms with Crippen molar-refractivity contribution in [3.05, 3.63) is 94.5 Å². The third-order valence-electron chi connectivity index (χ3n) is 7.52. The first-order valence-corrected chi connectivity index (χ1v) is 15.7. The van der Waals surface area contributed by atoms with Gasteiger partial charge in [0.25, 0.3) is 10.0 Å². The van der Waals surface area contributed by atoms with Crippen LogP contribution in [0.4, 0.5) is 18.9 Å². The third-order valence-corrected chi connectivity index (χ3v) is 9.67. The second-order valence-electron chi connectivity index (χ2n) is 10.7. The number of aryl methyl sites for hydroxylation is 1. The van der Waals surface area contributed by atoms with Crippen molar-refractivity contribution < 1.29 is 31.2 Å². The van der Waals surface area contributed by atoms with Crippen LogP contribution in [0.3, 0.4) is 0 Å². The highest BCUT2D eigenvalue weighted by Gasteiger charge is 2.36. The van der Waals surface area contributed by atoms with E-state index < -0.39 is 46.2 Å². The highest BCUT2D eigenvalue weighted by Crippen LogP contribution is 2.33. The van der Waals surface area contributed by atoms with Gasteiger partial charge in [-0.2, -0.15) is 13.2 Å². The maximum Gasteiger partial charge on any atom is 0.416 e. The molecule has 0 aromatic heterocycles. The predicted molar refractivity (Wildman–Crippen MR) is 159 cm³/mol. The molecule has 0 saturated heterocycles. The molecule has 0 bridgehead atoms. The van der Waals surface area contributed by atoms with Crippen molar-refractivity contribution >= 4 is 39.1 Å². The summed E-state index contributed by atoms with van der Waals surface area (Å²) >= 11 is 6.37. The lowest BCUT2D eigenvalue weighted by Crippen LogP contribution is -2.52. The fourth-order valence-electron chi connectivity index (χ4n) is 4.99. The number of carbonyl (C=O) groups excluding carboxylic acids is 2. The molecule has 0 heterocycles. The van der Waals surface area contributed by atoms with Crippen LogP contribution >= 0.6 is 11.6 Å². The molecule has 7 nitrogen and oxygen atoms in total. The molecular formula is C31H33ClF3N3O4S. The molecule has 3 aromatic carbocycles. The monoisotopic (exact) mass is 635 g/mol. The van der Waals surface area contributed by atoms with E-state index in [1.165, 1.54) is 30.0 Å². The molecule has 0 radical (unpaired) electrons. The maximum atomic E-state index is 14.0. The van der Waals surface area contributed by atoms with Crippen LogP contribution in [0, 0.1) is 6.92 Å². The third kappa shape index (κ3) is 7.88.